The van der Waals surface area contributed by atoms with Gasteiger partial charge in [0.25, 0.3) is 5.91 Å². The smallest absolute Gasteiger partial charge is 0.264 e. The number of thiophene rings is 1. The molecule has 2 fully saturated rings. The molecule has 1 aromatic rings. The van der Waals surface area contributed by atoms with E-state index in [1.54, 1.807) is 11.3 Å². The lowest BCUT2D eigenvalue weighted by atomic mass is 10.1. The van der Waals surface area contributed by atoms with Gasteiger partial charge in [-0.3, -0.25) is 14.5 Å². The van der Waals surface area contributed by atoms with E-state index in [0.29, 0.717) is 12.6 Å². The SMILES string of the molecule is O=C(CN1CCN(C(=O)c2cc3c(s2)CCCCC3)CC1)NC1CC1. The zero-order chi connectivity index (χ0) is 17.2. The number of aryl methyl sites for hydroxylation is 2. The van der Waals surface area contributed by atoms with Gasteiger partial charge in [-0.15, -0.1) is 11.3 Å². The number of hydrogen-bond donors (Lipinski definition) is 1. The average Bonchev–Trinajstić information content (AvgIpc) is 3.37. The van der Waals surface area contributed by atoms with Crippen LogP contribution < -0.4 is 5.32 Å². The minimum atomic E-state index is 0.129. The van der Waals surface area contributed by atoms with E-state index in [9.17, 15) is 9.59 Å². The molecule has 136 valence electrons. The molecule has 4 rings (SSSR count). The number of nitrogens with one attached hydrogen (secondary N) is 1. The molecule has 1 N–H and O–H groups in total. The van der Waals surface area contributed by atoms with Crippen LogP contribution in [-0.4, -0.2) is 60.4 Å². The second-order valence-electron chi connectivity index (χ2n) is 7.53. The Bertz CT molecular complexity index is 622. The number of amides is 2. The fraction of sp³-hybridized carbons (Fsp3) is 0.684. The molecule has 0 radical (unpaired) electrons. The molecule has 0 spiro atoms. The second-order valence-corrected chi connectivity index (χ2v) is 8.67. The molecule has 3 aliphatic rings. The van der Waals surface area contributed by atoms with Gasteiger partial charge in [0.2, 0.25) is 5.91 Å². The fourth-order valence-corrected chi connectivity index (χ4v) is 4.96. The first-order valence-electron chi connectivity index (χ1n) is 9.61. The Morgan fingerprint density at radius 1 is 1.08 bits per heavy atom. The fourth-order valence-electron chi connectivity index (χ4n) is 3.74. The zero-order valence-electron chi connectivity index (χ0n) is 14.8. The van der Waals surface area contributed by atoms with Gasteiger partial charge >= 0.3 is 0 Å². The summed E-state index contributed by atoms with van der Waals surface area (Å²) in [5.74, 6) is 0.310. The molecule has 1 aliphatic heterocycles. The van der Waals surface area contributed by atoms with Gasteiger partial charge in [0, 0.05) is 37.1 Å². The summed E-state index contributed by atoms with van der Waals surface area (Å²) in [5, 5.41) is 3.03. The van der Waals surface area contributed by atoms with Crippen molar-refractivity contribution >= 4 is 23.2 Å². The third-order valence-electron chi connectivity index (χ3n) is 5.43. The van der Waals surface area contributed by atoms with Gasteiger partial charge in [-0.2, -0.15) is 0 Å². The highest BCUT2D eigenvalue weighted by molar-refractivity contribution is 7.14. The average molecular weight is 362 g/mol. The highest BCUT2D eigenvalue weighted by Crippen LogP contribution is 2.30. The zero-order valence-corrected chi connectivity index (χ0v) is 15.6. The van der Waals surface area contributed by atoms with E-state index in [0.717, 1.165) is 56.7 Å². The highest BCUT2D eigenvalue weighted by Gasteiger charge is 2.27. The molecule has 1 aromatic heterocycles. The third-order valence-corrected chi connectivity index (χ3v) is 6.65. The molecule has 0 unspecified atom stereocenters. The van der Waals surface area contributed by atoms with E-state index in [-0.39, 0.29) is 11.8 Å². The molecule has 1 saturated carbocycles. The second kappa shape index (κ2) is 7.46. The Hall–Kier alpha value is -1.40. The summed E-state index contributed by atoms with van der Waals surface area (Å²) >= 11 is 1.71. The molecular weight excluding hydrogens is 334 g/mol. The van der Waals surface area contributed by atoms with Gasteiger partial charge in [0.15, 0.2) is 0 Å². The number of hydrogen-bond acceptors (Lipinski definition) is 4. The lowest BCUT2D eigenvalue weighted by Crippen LogP contribution is -2.51. The van der Waals surface area contributed by atoms with E-state index in [1.807, 2.05) is 4.90 Å². The summed E-state index contributed by atoms with van der Waals surface area (Å²) in [6, 6.07) is 2.56. The van der Waals surface area contributed by atoms with Crippen molar-refractivity contribution in [3.63, 3.8) is 0 Å². The van der Waals surface area contributed by atoms with Crippen molar-refractivity contribution in [3.05, 3.63) is 21.4 Å². The Morgan fingerprint density at radius 3 is 2.60 bits per heavy atom. The summed E-state index contributed by atoms with van der Waals surface area (Å²) in [6.45, 7) is 3.48. The summed E-state index contributed by atoms with van der Waals surface area (Å²) in [6.07, 6.45) is 8.32. The Morgan fingerprint density at radius 2 is 1.84 bits per heavy atom. The van der Waals surface area contributed by atoms with Crippen molar-refractivity contribution in [2.75, 3.05) is 32.7 Å². The predicted octanol–water partition coefficient (Wildman–Crippen LogP) is 2.05. The Labute approximate surface area is 153 Å². The molecule has 5 nitrogen and oxygen atoms in total. The quantitative estimate of drug-likeness (QED) is 0.835. The van der Waals surface area contributed by atoms with Crippen molar-refractivity contribution in [3.8, 4) is 0 Å². The van der Waals surface area contributed by atoms with Crippen LogP contribution in [0.5, 0.6) is 0 Å². The largest absolute Gasteiger partial charge is 0.352 e. The van der Waals surface area contributed by atoms with E-state index in [4.69, 9.17) is 0 Å². The van der Waals surface area contributed by atoms with Crippen LogP contribution in [0.2, 0.25) is 0 Å². The number of carbonyl (C=O) groups is 2. The maximum atomic E-state index is 12.8. The minimum Gasteiger partial charge on any atom is -0.352 e. The summed E-state index contributed by atoms with van der Waals surface area (Å²) in [5.41, 5.74) is 1.40. The summed E-state index contributed by atoms with van der Waals surface area (Å²) in [7, 11) is 0. The number of rotatable bonds is 4. The molecule has 0 atom stereocenters. The van der Waals surface area contributed by atoms with Gasteiger partial charge in [-0.25, -0.2) is 0 Å². The first kappa shape index (κ1) is 17.0. The lowest BCUT2D eigenvalue weighted by molar-refractivity contribution is -0.122. The highest BCUT2D eigenvalue weighted by atomic mass is 32.1. The topological polar surface area (TPSA) is 52.7 Å². The minimum absolute atomic E-state index is 0.129. The third kappa shape index (κ3) is 4.23. The summed E-state index contributed by atoms with van der Waals surface area (Å²) < 4.78 is 0. The van der Waals surface area contributed by atoms with Crippen molar-refractivity contribution in [1.29, 1.82) is 0 Å². The molecule has 1 saturated heterocycles. The van der Waals surface area contributed by atoms with E-state index >= 15 is 0 Å². The first-order valence-corrected chi connectivity index (χ1v) is 10.4. The molecule has 2 heterocycles. The van der Waals surface area contributed by atoms with Crippen LogP contribution in [0.3, 0.4) is 0 Å². The van der Waals surface area contributed by atoms with E-state index < -0.39 is 0 Å². The van der Waals surface area contributed by atoms with Gasteiger partial charge in [-0.1, -0.05) is 6.42 Å². The molecule has 0 aromatic carbocycles. The van der Waals surface area contributed by atoms with E-state index in [1.165, 1.54) is 29.7 Å². The van der Waals surface area contributed by atoms with Crippen LogP contribution in [-0.2, 0) is 17.6 Å². The monoisotopic (exact) mass is 361 g/mol. The van der Waals surface area contributed by atoms with Gasteiger partial charge in [0.05, 0.1) is 11.4 Å². The molecular formula is C19H27N3O2S. The molecule has 0 bridgehead atoms. The van der Waals surface area contributed by atoms with Crippen molar-refractivity contribution < 1.29 is 9.59 Å². The first-order chi connectivity index (χ1) is 12.2. The maximum Gasteiger partial charge on any atom is 0.264 e. The number of carbonyl (C=O) groups excluding carboxylic acids is 2. The normalized spacial score (nSPS) is 21.5. The van der Waals surface area contributed by atoms with Crippen LogP contribution in [0.25, 0.3) is 0 Å². The number of piperazine rings is 1. The maximum absolute atomic E-state index is 12.8. The van der Waals surface area contributed by atoms with Crippen LogP contribution in [0.1, 0.15) is 52.2 Å². The van der Waals surface area contributed by atoms with Gasteiger partial charge in [-0.05, 0) is 50.2 Å². The van der Waals surface area contributed by atoms with Crippen LogP contribution in [0.15, 0.2) is 6.07 Å². The van der Waals surface area contributed by atoms with Crippen LogP contribution in [0, 0.1) is 0 Å². The van der Waals surface area contributed by atoms with Crippen molar-refractivity contribution in [2.24, 2.45) is 0 Å². The number of fused-ring (bicyclic) bond motifs is 1. The molecule has 25 heavy (non-hydrogen) atoms. The lowest BCUT2D eigenvalue weighted by Gasteiger charge is -2.34. The van der Waals surface area contributed by atoms with Gasteiger partial charge in [0.1, 0.15) is 0 Å². The van der Waals surface area contributed by atoms with Crippen LogP contribution >= 0.6 is 11.3 Å². The van der Waals surface area contributed by atoms with Crippen molar-refractivity contribution in [2.45, 2.75) is 51.0 Å². The standard InChI is InChI=1S/C19H27N3O2S/c23-18(20-15-6-7-15)13-21-8-10-22(11-9-21)19(24)17-12-14-4-2-1-3-5-16(14)25-17/h12,15H,1-11,13H2,(H,20,23). The Balaban J connectivity index is 1.29. The van der Waals surface area contributed by atoms with Crippen molar-refractivity contribution in [1.82, 2.24) is 15.1 Å². The summed E-state index contributed by atoms with van der Waals surface area (Å²) in [4.78, 5) is 31.2. The molecule has 2 aliphatic carbocycles. The predicted molar refractivity (Wildman–Crippen MR) is 99.1 cm³/mol. The molecule has 2 amide bonds. The number of nitrogens with zero attached hydrogens (tertiary/aromatic N) is 2. The molecule has 6 heteroatoms. The van der Waals surface area contributed by atoms with E-state index in [2.05, 4.69) is 16.3 Å². The Kier molecular flexibility index (Phi) is 5.08. The van der Waals surface area contributed by atoms with Crippen LogP contribution in [0.4, 0.5) is 0 Å². The van der Waals surface area contributed by atoms with Gasteiger partial charge < -0.3 is 10.2 Å².